The Morgan fingerprint density at radius 1 is 0.974 bits per heavy atom. The second kappa shape index (κ2) is 11.1. The van der Waals surface area contributed by atoms with Gasteiger partial charge in [-0.15, -0.1) is 5.10 Å². The molecule has 2 aromatic heterocycles. The summed E-state index contributed by atoms with van der Waals surface area (Å²) in [7, 11) is 0. The molecule has 1 fully saturated rings. The van der Waals surface area contributed by atoms with E-state index in [0.29, 0.717) is 31.7 Å². The van der Waals surface area contributed by atoms with Crippen molar-refractivity contribution >= 4 is 0 Å². The van der Waals surface area contributed by atoms with Crippen LogP contribution < -0.4 is 0 Å². The van der Waals surface area contributed by atoms with Crippen molar-refractivity contribution in [1.29, 1.82) is 5.26 Å². The molecule has 1 saturated heterocycles. The molecule has 0 radical (unpaired) electrons. The van der Waals surface area contributed by atoms with E-state index in [0.717, 1.165) is 36.5 Å². The molecule has 12 heteroatoms. The van der Waals surface area contributed by atoms with E-state index >= 15 is 0 Å². The molecular formula is C26H27F2N9O. The lowest BCUT2D eigenvalue weighted by Crippen LogP contribution is -2.52. The Morgan fingerprint density at radius 2 is 1.79 bits per heavy atom. The lowest BCUT2D eigenvalue weighted by molar-refractivity contribution is -0.0324. The first-order chi connectivity index (χ1) is 18.4. The van der Waals surface area contributed by atoms with Crippen molar-refractivity contribution in [3.05, 3.63) is 95.3 Å². The van der Waals surface area contributed by atoms with Crippen LogP contribution >= 0.6 is 0 Å². The van der Waals surface area contributed by atoms with E-state index in [-0.39, 0.29) is 18.7 Å². The molecule has 1 atom stereocenters. The molecule has 0 amide bonds. The third-order valence-corrected chi connectivity index (χ3v) is 6.65. The highest BCUT2D eigenvalue weighted by Crippen LogP contribution is 2.28. The van der Waals surface area contributed by atoms with Gasteiger partial charge in [0.2, 0.25) is 0 Å². The number of rotatable bonds is 9. The summed E-state index contributed by atoms with van der Waals surface area (Å²) in [6.07, 6.45) is 4.71. The van der Waals surface area contributed by atoms with Gasteiger partial charge >= 0.3 is 0 Å². The number of halogens is 2. The zero-order valence-corrected chi connectivity index (χ0v) is 20.7. The van der Waals surface area contributed by atoms with Crippen LogP contribution in [0.1, 0.15) is 22.4 Å². The largest absolute Gasteiger partial charge is 0.382 e. The van der Waals surface area contributed by atoms with Crippen LogP contribution in [-0.4, -0.2) is 77.4 Å². The molecule has 10 nitrogen and oxygen atoms in total. The lowest BCUT2D eigenvalue weighted by Gasteiger charge is -2.39. The van der Waals surface area contributed by atoms with Crippen LogP contribution in [0.25, 0.3) is 0 Å². The van der Waals surface area contributed by atoms with Gasteiger partial charge in [-0.1, -0.05) is 23.4 Å². The van der Waals surface area contributed by atoms with Crippen molar-refractivity contribution in [2.24, 2.45) is 0 Å². The Hall–Kier alpha value is -4.05. The topological polar surface area (TPSA) is 112 Å². The van der Waals surface area contributed by atoms with Crippen LogP contribution in [0.2, 0.25) is 0 Å². The standard InChI is InChI=1S/C26H27F2N9O/c27-22-4-5-24(25(28)11-22)26(38,17-37-19-30-18-31-37)16-35-8-6-34(7-9-35)14-23-15-36(33-32-23)13-21-3-1-2-20(10-21)12-29/h1-5,10-11,15,18-19,38H,6-9,13-14,16-17H2. The fourth-order valence-electron chi connectivity index (χ4n) is 4.79. The van der Waals surface area contributed by atoms with Crippen LogP contribution in [0.5, 0.6) is 0 Å². The third kappa shape index (κ3) is 6.08. The van der Waals surface area contributed by atoms with Crippen molar-refractivity contribution in [3.8, 4) is 6.07 Å². The van der Waals surface area contributed by atoms with E-state index in [4.69, 9.17) is 5.26 Å². The lowest BCUT2D eigenvalue weighted by atomic mass is 9.92. The molecule has 196 valence electrons. The maximum Gasteiger partial charge on any atom is 0.137 e. The summed E-state index contributed by atoms with van der Waals surface area (Å²) in [5, 5.41) is 33.2. The fraction of sp³-hybridized carbons (Fsp3) is 0.346. The molecule has 1 aliphatic rings. The maximum atomic E-state index is 14.7. The van der Waals surface area contributed by atoms with Gasteiger partial charge in [0.15, 0.2) is 0 Å². The highest BCUT2D eigenvalue weighted by Gasteiger charge is 2.36. The Bertz CT molecular complexity index is 1410. The summed E-state index contributed by atoms with van der Waals surface area (Å²) in [4.78, 5) is 8.22. The monoisotopic (exact) mass is 519 g/mol. The molecule has 1 N–H and O–H groups in total. The zero-order chi connectivity index (χ0) is 26.5. The molecular weight excluding hydrogens is 492 g/mol. The minimum absolute atomic E-state index is 0.0177. The Labute approximate surface area is 218 Å². The highest BCUT2D eigenvalue weighted by atomic mass is 19.1. The van der Waals surface area contributed by atoms with Gasteiger partial charge in [-0.25, -0.2) is 23.1 Å². The second-order valence-corrected chi connectivity index (χ2v) is 9.52. The minimum Gasteiger partial charge on any atom is -0.382 e. The number of aliphatic hydroxyl groups is 1. The van der Waals surface area contributed by atoms with Gasteiger partial charge in [-0.05, 0) is 23.8 Å². The molecule has 4 aromatic rings. The van der Waals surface area contributed by atoms with Crippen LogP contribution in [0.4, 0.5) is 8.78 Å². The van der Waals surface area contributed by atoms with Crippen LogP contribution in [0.15, 0.2) is 61.3 Å². The van der Waals surface area contributed by atoms with Gasteiger partial charge in [0.1, 0.15) is 29.9 Å². The van der Waals surface area contributed by atoms with Crippen LogP contribution in [-0.2, 0) is 25.2 Å². The molecule has 1 aliphatic heterocycles. The number of hydrogen-bond donors (Lipinski definition) is 1. The molecule has 0 saturated carbocycles. The number of piperazine rings is 1. The number of hydrogen-bond acceptors (Lipinski definition) is 8. The molecule has 38 heavy (non-hydrogen) atoms. The first-order valence-corrected chi connectivity index (χ1v) is 12.2. The van der Waals surface area contributed by atoms with E-state index in [1.165, 1.54) is 23.4 Å². The average molecular weight is 520 g/mol. The average Bonchev–Trinajstić information content (AvgIpc) is 3.57. The third-order valence-electron chi connectivity index (χ3n) is 6.65. The summed E-state index contributed by atoms with van der Waals surface area (Å²) in [6.45, 7) is 4.04. The first-order valence-electron chi connectivity index (χ1n) is 12.2. The number of aromatic nitrogens is 6. The quantitative estimate of drug-likeness (QED) is 0.356. The molecule has 1 unspecified atom stereocenters. The van der Waals surface area contributed by atoms with Crippen molar-refractivity contribution < 1.29 is 13.9 Å². The van der Waals surface area contributed by atoms with Gasteiger partial charge in [-0.2, -0.15) is 10.4 Å². The molecule has 0 bridgehead atoms. The van der Waals surface area contributed by atoms with Crippen molar-refractivity contribution in [2.75, 3.05) is 32.7 Å². The van der Waals surface area contributed by atoms with Gasteiger partial charge < -0.3 is 5.11 Å². The smallest absolute Gasteiger partial charge is 0.137 e. The fourth-order valence-corrected chi connectivity index (χ4v) is 4.79. The number of benzene rings is 2. The predicted octanol–water partition coefficient (Wildman–Crippen LogP) is 1.77. The summed E-state index contributed by atoms with van der Waals surface area (Å²) >= 11 is 0. The van der Waals surface area contributed by atoms with E-state index in [2.05, 4.69) is 36.3 Å². The Balaban J connectivity index is 1.19. The second-order valence-electron chi connectivity index (χ2n) is 9.52. The molecule has 5 rings (SSSR count). The minimum atomic E-state index is -1.63. The summed E-state index contributed by atoms with van der Waals surface area (Å²) in [5.74, 6) is -1.50. The molecule has 0 spiro atoms. The number of nitrogens with zero attached hydrogens (tertiary/aromatic N) is 9. The molecule has 0 aliphatic carbocycles. The summed E-state index contributed by atoms with van der Waals surface area (Å²) in [5.41, 5.74) is 0.819. The van der Waals surface area contributed by atoms with Gasteiger partial charge in [-0.3, -0.25) is 9.80 Å². The maximum absolute atomic E-state index is 14.7. The normalized spacial score (nSPS) is 16.3. The Kier molecular flexibility index (Phi) is 7.50. The predicted molar refractivity (Wildman–Crippen MR) is 132 cm³/mol. The van der Waals surface area contributed by atoms with E-state index in [9.17, 15) is 13.9 Å². The highest BCUT2D eigenvalue weighted by molar-refractivity contribution is 5.32. The van der Waals surface area contributed by atoms with Crippen LogP contribution in [0, 0.1) is 23.0 Å². The molecule has 2 aromatic carbocycles. The SMILES string of the molecule is N#Cc1cccc(Cn2cc(CN3CCN(CC(O)(Cn4cncn4)c4ccc(F)cc4F)CC3)nn2)c1. The Morgan fingerprint density at radius 3 is 2.53 bits per heavy atom. The zero-order valence-electron chi connectivity index (χ0n) is 20.7. The molecule has 3 heterocycles. The number of β-amino-alcohol motifs (C(OH)–C–C–N with tert-alkyl or cyclic N) is 1. The van der Waals surface area contributed by atoms with Crippen molar-refractivity contribution in [3.63, 3.8) is 0 Å². The van der Waals surface area contributed by atoms with E-state index in [1.807, 2.05) is 24.4 Å². The van der Waals surface area contributed by atoms with E-state index < -0.39 is 17.2 Å². The first kappa shape index (κ1) is 25.6. The summed E-state index contributed by atoms with van der Waals surface area (Å²) in [6, 6.07) is 12.8. The van der Waals surface area contributed by atoms with Crippen LogP contribution in [0.3, 0.4) is 0 Å². The summed E-state index contributed by atoms with van der Waals surface area (Å²) < 4.78 is 31.5. The number of nitriles is 1. The van der Waals surface area contributed by atoms with Gasteiger partial charge in [0.05, 0.1) is 36.6 Å². The van der Waals surface area contributed by atoms with Crippen molar-refractivity contribution in [2.45, 2.75) is 25.2 Å². The van der Waals surface area contributed by atoms with Gasteiger partial charge in [0.25, 0.3) is 0 Å². The van der Waals surface area contributed by atoms with Crippen molar-refractivity contribution in [1.82, 2.24) is 39.6 Å². The van der Waals surface area contributed by atoms with Gasteiger partial charge in [0, 0.05) is 50.9 Å². The van der Waals surface area contributed by atoms with E-state index in [1.54, 1.807) is 10.7 Å².